The minimum absolute atomic E-state index is 0.165. The third-order valence-corrected chi connectivity index (χ3v) is 3.17. The lowest BCUT2D eigenvalue weighted by Gasteiger charge is -2.28. The number of hydrogen-bond acceptors (Lipinski definition) is 5. The standard InChI is InChI=1S/C10H16N4O3S/c11-18(15,16)13-8-9-1-2-12-10(7-9)14-3-5-17-6-4-14/h1-2,7,13H,3-6,8H2,(H2,11,15,16). The van der Waals surface area contributed by atoms with Crippen molar-refractivity contribution in [1.29, 1.82) is 0 Å². The Morgan fingerprint density at radius 1 is 1.44 bits per heavy atom. The van der Waals surface area contributed by atoms with E-state index in [4.69, 9.17) is 9.88 Å². The molecule has 0 aromatic carbocycles. The van der Waals surface area contributed by atoms with E-state index in [1.54, 1.807) is 12.3 Å². The largest absolute Gasteiger partial charge is 0.378 e. The second-order valence-electron chi connectivity index (χ2n) is 3.99. The van der Waals surface area contributed by atoms with Gasteiger partial charge in [-0.2, -0.15) is 13.1 Å². The smallest absolute Gasteiger partial charge is 0.274 e. The fourth-order valence-electron chi connectivity index (χ4n) is 1.72. The van der Waals surface area contributed by atoms with E-state index in [0.29, 0.717) is 13.2 Å². The Balaban J connectivity index is 2.04. The monoisotopic (exact) mass is 272 g/mol. The molecule has 1 aliphatic rings. The summed E-state index contributed by atoms with van der Waals surface area (Å²) in [6, 6.07) is 3.60. The zero-order chi connectivity index (χ0) is 13.0. The van der Waals surface area contributed by atoms with Crippen LogP contribution in [0, 0.1) is 0 Å². The predicted molar refractivity (Wildman–Crippen MR) is 67.2 cm³/mol. The van der Waals surface area contributed by atoms with E-state index < -0.39 is 10.2 Å². The Bertz CT molecular complexity index is 500. The van der Waals surface area contributed by atoms with Crippen LogP contribution in [0.2, 0.25) is 0 Å². The van der Waals surface area contributed by atoms with Crippen molar-refractivity contribution in [1.82, 2.24) is 9.71 Å². The van der Waals surface area contributed by atoms with E-state index in [1.807, 2.05) is 6.07 Å². The average Bonchev–Trinajstić information content (AvgIpc) is 2.37. The lowest BCUT2D eigenvalue weighted by Crippen LogP contribution is -2.36. The molecule has 8 heteroatoms. The molecule has 0 radical (unpaired) electrons. The van der Waals surface area contributed by atoms with Crippen LogP contribution in [-0.4, -0.2) is 39.7 Å². The molecule has 7 nitrogen and oxygen atoms in total. The molecular formula is C10H16N4O3S. The van der Waals surface area contributed by atoms with Crippen LogP contribution in [-0.2, 0) is 21.5 Å². The molecule has 3 N–H and O–H groups in total. The molecule has 18 heavy (non-hydrogen) atoms. The Labute approximate surface area is 106 Å². The first-order chi connectivity index (χ1) is 8.54. The minimum atomic E-state index is -3.66. The summed E-state index contributed by atoms with van der Waals surface area (Å²) >= 11 is 0. The molecule has 0 aliphatic carbocycles. The highest BCUT2D eigenvalue weighted by molar-refractivity contribution is 7.87. The van der Waals surface area contributed by atoms with E-state index >= 15 is 0 Å². The van der Waals surface area contributed by atoms with Crippen molar-refractivity contribution >= 4 is 16.0 Å². The molecular weight excluding hydrogens is 256 g/mol. The number of rotatable bonds is 4. The van der Waals surface area contributed by atoms with Crippen LogP contribution in [0.5, 0.6) is 0 Å². The van der Waals surface area contributed by atoms with Crippen LogP contribution in [0.3, 0.4) is 0 Å². The molecule has 2 heterocycles. The maximum absolute atomic E-state index is 10.8. The predicted octanol–water partition coefficient (Wildman–Crippen LogP) is -0.789. The summed E-state index contributed by atoms with van der Waals surface area (Å²) in [7, 11) is -3.66. The Hall–Kier alpha value is -1.22. The minimum Gasteiger partial charge on any atom is -0.378 e. The fraction of sp³-hybridized carbons (Fsp3) is 0.500. The molecule has 100 valence electrons. The van der Waals surface area contributed by atoms with E-state index in [2.05, 4.69) is 14.6 Å². The summed E-state index contributed by atoms with van der Waals surface area (Å²) < 4.78 is 29.1. The molecule has 1 aliphatic heterocycles. The van der Waals surface area contributed by atoms with Gasteiger partial charge in [0.15, 0.2) is 0 Å². The van der Waals surface area contributed by atoms with Crippen LogP contribution in [0.4, 0.5) is 5.82 Å². The van der Waals surface area contributed by atoms with Gasteiger partial charge in [-0.1, -0.05) is 0 Å². The van der Waals surface area contributed by atoms with E-state index in [9.17, 15) is 8.42 Å². The number of anilines is 1. The quantitative estimate of drug-likeness (QED) is 0.748. The number of pyridine rings is 1. The lowest BCUT2D eigenvalue weighted by atomic mass is 10.2. The fourth-order valence-corrected chi connectivity index (χ4v) is 2.09. The molecule has 1 aromatic heterocycles. The highest BCUT2D eigenvalue weighted by Crippen LogP contribution is 2.14. The number of nitrogens with two attached hydrogens (primary N) is 1. The van der Waals surface area contributed by atoms with Crippen LogP contribution >= 0.6 is 0 Å². The molecule has 0 saturated carbocycles. The maximum Gasteiger partial charge on any atom is 0.274 e. The summed E-state index contributed by atoms with van der Waals surface area (Å²) in [4.78, 5) is 6.37. The molecule has 0 bridgehead atoms. The summed E-state index contributed by atoms with van der Waals surface area (Å²) in [6.45, 7) is 3.11. The SMILES string of the molecule is NS(=O)(=O)NCc1ccnc(N2CCOCC2)c1. The molecule has 0 unspecified atom stereocenters. The number of nitrogens with zero attached hydrogens (tertiary/aromatic N) is 2. The van der Waals surface area contributed by atoms with Crippen molar-refractivity contribution in [3.63, 3.8) is 0 Å². The average molecular weight is 272 g/mol. The van der Waals surface area contributed by atoms with Gasteiger partial charge in [0, 0.05) is 25.8 Å². The van der Waals surface area contributed by atoms with Crippen molar-refractivity contribution in [2.75, 3.05) is 31.2 Å². The normalized spacial score (nSPS) is 16.8. The second-order valence-corrected chi connectivity index (χ2v) is 5.37. The van der Waals surface area contributed by atoms with Crippen molar-refractivity contribution < 1.29 is 13.2 Å². The molecule has 0 atom stereocenters. The summed E-state index contributed by atoms with van der Waals surface area (Å²) in [5.41, 5.74) is 0.820. The number of hydrogen-bond donors (Lipinski definition) is 2. The topological polar surface area (TPSA) is 97.5 Å². The van der Waals surface area contributed by atoms with Crippen molar-refractivity contribution in [2.24, 2.45) is 5.14 Å². The number of aromatic nitrogens is 1. The molecule has 2 rings (SSSR count). The van der Waals surface area contributed by atoms with Crippen molar-refractivity contribution in [3.8, 4) is 0 Å². The molecule has 1 aromatic rings. The van der Waals surface area contributed by atoms with Gasteiger partial charge >= 0.3 is 0 Å². The first kappa shape index (κ1) is 13.2. The first-order valence-corrected chi connectivity index (χ1v) is 7.14. The number of morpholine rings is 1. The van der Waals surface area contributed by atoms with Gasteiger partial charge in [-0.15, -0.1) is 0 Å². The first-order valence-electron chi connectivity index (χ1n) is 5.59. The third-order valence-electron chi connectivity index (χ3n) is 2.62. The van der Waals surface area contributed by atoms with Gasteiger partial charge in [-0.25, -0.2) is 10.1 Å². The van der Waals surface area contributed by atoms with Gasteiger partial charge in [-0.05, 0) is 17.7 Å². The summed E-state index contributed by atoms with van der Waals surface area (Å²) in [5.74, 6) is 0.826. The van der Waals surface area contributed by atoms with Crippen LogP contribution in [0.1, 0.15) is 5.56 Å². The van der Waals surface area contributed by atoms with Crippen molar-refractivity contribution in [3.05, 3.63) is 23.9 Å². The molecule has 0 spiro atoms. The molecule has 0 amide bonds. The van der Waals surface area contributed by atoms with Gasteiger partial charge < -0.3 is 9.64 Å². The maximum atomic E-state index is 10.8. The lowest BCUT2D eigenvalue weighted by molar-refractivity contribution is 0.122. The molecule has 1 fully saturated rings. The van der Waals surface area contributed by atoms with E-state index in [-0.39, 0.29) is 6.54 Å². The third kappa shape index (κ3) is 3.91. The van der Waals surface area contributed by atoms with Crippen LogP contribution < -0.4 is 14.8 Å². The van der Waals surface area contributed by atoms with Gasteiger partial charge in [0.2, 0.25) is 0 Å². The Morgan fingerprint density at radius 2 is 2.17 bits per heavy atom. The van der Waals surface area contributed by atoms with Gasteiger partial charge in [0.1, 0.15) is 5.82 Å². The molecule has 1 saturated heterocycles. The summed E-state index contributed by atoms with van der Waals surface area (Å²) in [5, 5.41) is 4.88. The Kier molecular flexibility index (Phi) is 4.12. The number of nitrogens with one attached hydrogen (secondary N) is 1. The van der Waals surface area contributed by atoms with Gasteiger partial charge in [-0.3, -0.25) is 0 Å². The number of ether oxygens (including phenoxy) is 1. The zero-order valence-electron chi connectivity index (χ0n) is 9.87. The van der Waals surface area contributed by atoms with E-state index in [1.165, 1.54) is 0 Å². The van der Waals surface area contributed by atoms with Gasteiger partial charge in [0.25, 0.3) is 10.2 Å². The van der Waals surface area contributed by atoms with Gasteiger partial charge in [0.05, 0.1) is 13.2 Å². The highest BCUT2D eigenvalue weighted by Gasteiger charge is 2.12. The van der Waals surface area contributed by atoms with Crippen molar-refractivity contribution in [2.45, 2.75) is 6.54 Å². The van der Waals surface area contributed by atoms with Crippen LogP contribution in [0.25, 0.3) is 0 Å². The van der Waals surface area contributed by atoms with E-state index in [0.717, 1.165) is 24.5 Å². The second kappa shape index (κ2) is 5.61. The highest BCUT2D eigenvalue weighted by atomic mass is 32.2. The van der Waals surface area contributed by atoms with Crippen LogP contribution in [0.15, 0.2) is 18.3 Å². The Morgan fingerprint density at radius 3 is 2.83 bits per heavy atom. The summed E-state index contributed by atoms with van der Waals surface area (Å²) in [6.07, 6.45) is 1.66. The zero-order valence-corrected chi connectivity index (χ0v) is 10.7.